The molecule has 0 bridgehead atoms. The van der Waals surface area contributed by atoms with Crippen LogP contribution in [-0.4, -0.2) is 72.9 Å². The van der Waals surface area contributed by atoms with E-state index in [1.807, 2.05) is 27.7 Å². The Balaban J connectivity index is 4.00. The number of amides is 4. The van der Waals surface area contributed by atoms with Crippen LogP contribution in [0.5, 0.6) is 0 Å². The number of carbonyl (C=O) groups is 2. The van der Waals surface area contributed by atoms with Crippen molar-refractivity contribution < 1.29 is 24.5 Å². The molecule has 0 aliphatic rings. The number of carbonyl (C=O) groups excluding carboxylic acids is 2. The van der Waals surface area contributed by atoms with Gasteiger partial charge in [-0.2, -0.15) is 0 Å². The zero-order chi connectivity index (χ0) is 20.8. The third kappa shape index (κ3) is 15.2. The van der Waals surface area contributed by atoms with Crippen LogP contribution >= 0.6 is 0 Å². The molecule has 0 spiro atoms. The maximum Gasteiger partial charge on any atom is 0.315 e. The molecule has 0 unspecified atom stereocenters. The first-order valence-corrected chi connectivity index (χ1v) is 9.55. The van der Waals surface area contributed by atoms with Gasteiger partial charge < -0.3 is 36.2 Å². The molecule has 0 heterocycles. The number of hydrogen-bond donors (Lipinski definition) is 6. The second-order valence-electron chi connectivity index (χ2n) is 7.71. The van der Waals surface area contributed by atoms with Gasteiger partial charge in [0, 0.05) is 45.0 Å². The van der Waals surface area contributed by atoms with E-state index in [0.717, 1.165) is 0 Å². The van der Waals surface area contributed by atoms with Crippen LogP contribution in [0.1, 0.15) is 53.4 Å². The van der Waals surface area contributed by atoms with E-state index in [0.29, 0.717) is 51.9 Å². The fraction of sp³-hybridized carbons (Fsp3) is 0.889. The van der Waals surface area contributed by atoms with Crippen LogP contribution < -0.4 is 21.3 Å². The molecule has 0 saturated carbocycles. The standard InChI is InChI=1S/C18H38N4O5/c1-17(2,22-16(26)20-10-6-13-24)8-14-27-18(3,4)7-11-21-15(25)19-9-5-12-23/h23-24H,5-14H2,1-4H3,(H2,19,21,25)(H2,20,22,26). The number of nitrogens with one attached hydrogen (secondary N) is 4. The number of aliphatic hydroxyl groups excluding tert-OH is 2. The van der Waals surface area contributed by atoms with E-state index in [2.05, 4.69) is 21.3 Å². The summed E-state index contributed by atoms with van der Waals surface area (Å²) in [6.07, 6.45) is 2.35. The molecule has 4 amide bonds. The Labute approximate surface area is 162 Å². The topological polar surface area (TPSA) is 132 Å². The summed E-state index contributed by atoms with van der Waals surface area (Å²) >= 11 is 0. The minimum atomic E-state index is -0.426. The van der Waals surface area contributed by atoms with E-state index in [1.54, 1.807) is 0 Å². The second-order valence-corrected chi connectivity index (χ2v) is 7.71. The normalized spacial score (nSPS) is 11.8. The number of urea groups is 2. The first kappa shape index (κ1) is 25.4. The van der Waals surface area contributed by atoms with Gasteiger partial charge in [0.15, 0.2) is 0 Å². The van der Waals surface area contributed by atoms with Gasteiger partial charge in [0.1, 0.15) is 0 Å². The highest BCUT2D eigenvalue weighted by Crippen LogP contribution is 2.16. The van der Waals surface area contributed by atoms with Crippen molar-refractivity contribution >= 4 is 12.1 Å². The summed E-state index contributed by atoms with van der Waals surface area (Å²) < 4.78 is 5.92. The van der Waals surface area contributed by atoms with Crippen molar-refractivity contribution in [3.63, 3.8) is 0 Å². The van der Waals surface area contributed by atoms with Crippen LogP contribution in [0.25, 0.3) is 0 Å². The predicted octanol–water partition coefficient (Wildman–Crippen LogP) is 0.704. The Morgan fingerprint density at radius 1 is 0.815 bits per heavy atom. The SMILES string of the molecule is CC(C)(CCOC(C)(C)CCNC(=O)NCCCO)NC(=O)NCCCO. The lowest BCUT2D eigenvalue weighted by Gasteiger charge is -2.30. The maximum absolute atomic E-state index is 11.8. The van der Waals surface area contributed by atoms with E-state index < -0.39 is 11.1 Å². The van der Waals surface area contributed by atoms with Crippen molar-refractivity contribution in [1.29, 1.82) is 0 Å². The largest absolute Gasteiger partial charge is 0.396 e. The van der Waals surface area contributed by atoms with E-state index in [-0.39, 0.29) is 25.3 Å². The van der Waals surface area contributed by atoms with Gasteiger partial charge in [-0.05, 0) is 53.4 Å². The Morgan fingerprint density at radius 3 is 1.89 bits per heavy atom. The van der Waals surface area contributed by atoms with Crippen molar-refractivity contribution in [2.45, 2.75) is 64.5 Å². The van der Waals surface area contributed by atoms with E-state index in [9.17, 15) is 9.59 Å². The Morgan fingerprint density at radius 2 is 1.33 bits per heavy atom. The molecule has 0 aromatic rings. The van der Waals surface area contributed by atoms with Crippen LogP contribution in [-0.2, 0) is 4.74 Å². The molecular weight excluding hydrogens is 352 g/mol. The summed E-state index contributed by atoms with van der Waals surface area (Å²) in [6.45, 7) is 9.69. The summed E-state index contributed by atoms with van der Waals surface area (Å²) in [5.74, 6) is 0. The van der Waals surface area contributed by atoms with Crippen molar-refractivity contribution in [1.82, 2.24) is 21.3 Å². The van der Waals surface area contributed by atoms with E-state index in [1.165, 1.54) is 0 Å². The second kappa shape index (κ2) is 13.6. The first-order valence-electron chi connectivity index (χ1n) is 9.55. The van der Waals surface area contributed by atoms with Gasteiger partial charge in [0.05, 0.1) is 5.60 Å². The quantitative estimate of drug-likeness (QED) is 0.243. The van der Waals surface area contributed by atoms with Crippen molar-refractivity contribution in [3.8, 4) is 0 Å². The van der Waals surface area contributed by atoms with Crippen LogP contribution in [0, 0.1) is 0 Å². The number of aliphatic hydroxyl groups is 2. The lowest BCUT2D eigenvalue weighted by atomic mass is 10.0. The zero-order valence-corrected chi connectivity index (χ0v) is 17.2. The smallest absolute Gasteiger partial charge is 0.315 e. The van der Waals surface area contributed by atoms with Gasteiger partial charge >= 0.3 is 12.1 Å². The average Bonchev–Trinajstić information content (AvgIpc) is 2.54. The maximum atomic E-state index is 11.8. The van der Waals surface area contributed by atoms with Crippen LogP contribution in [0.3, 0.4) is 0 Å². The number of rotatable bonds is 14. The van der Waals surface area contributed by atoms with Gasteiger partial charge in [-0.25, -0.2) is 9.59 Å². The predicted molar refractivity (Wildman–Crippen MR) is 105 cm³/mol. The molecule has 0 aromatic heterocycles. The summed E-state index contributed by atoms with van der Waals surface area (Å²) in [4.78, 5) is 23.3. The molecule has 0 aliphatic carbocycles. The molecule has 6 N–H and O–H groups in total. The number of ether oxygens (including phenoxy) is 1. The van der Waals surface area contributed by atoms with Crippen molar-refractivity contribution in [2.75, 3.05) is 39.5 Å². The van der Waals surface area contributed by atoms with Crippen LogP contribution in [0.2, 0.25) is 0 Å². The molecule has 9 nitrogen and oxygen atoms in total. The Kier molecular flexibility index (Phi) is 12.8. The molecule has 0 aliphatic heterocycles. The van der Waals surface area contributed by atoms with Crippen LogP contribution in [0.15, 0.2) is 0 Å². The van der Waals surface area contributed by atoms with Crippen molar-refractivity contribution in [2.24, 2.45) is 0 Å². The van der Waals surface area contributed by atoms with Gasteiger partial charge in [-0.15, -0.1) is 0 Å². The summed E-state index contributed by atoms with van der Waals surface area (Å²) in [5.41, 5.74) is -0.831. The summed E-state index contributed by atoms with van der Waals surface area (Å²) in [6, 6.07) is -0.513. The summed E-state index contributed by atoms with van der Waals surface area (Å²) in [7, 11) is 0. The van der Waals surface area contributed by atoms with Crippen molar-refractivity contribution in [3.05, 3.63) is 0 Å². The molecule has 0 fully saturated rings. The zero-order valence-electron chi connectivity index (χ0n) is 17.2. The molecule has 0 radical (unpaired) electrons. The summed E-state index contributed by atoms with van der Waals surface area (Å²) in [5, 5.41) is 28.4. The minimum absolute atomic E-state index is 0.0474. The Bertz CT molecular complexity index is 430. The minimum Gasteiger partial charge on any atom is -0.396 e. The molecule has 9 heteroatoms. The third-order valence-electron chi connectivity index (χ3n) is 3.93. The molecule has 27 heavy (non-hydrogen) atoms. The fourth-order valence-electron chi connectivity index (χ4n) is 2.17. The molecule has 0 aromatic carbocycles. The van der Waals surface area contributed by atoms with Gasteiger partial charge in [0.2, 0.25) is 0 Å². The average molecular weight is 391 g/mol. The van der Waals surface area contributed by atoms with E-state index >= 15 is 0 Å². The van der Waals surface area contributed by atoms with E-state index in [4.69, 9.17) is 14.9 Å². The molecule has 0 atom stereocenters. The lowest BCUT2D eigenvalue weighted by Crippen LogP contribution is -2.49. The number of hydrogen-bond acceptors (Lipinski definition) is 5. The highest BCUT2D eigenvalue weighted by Gasteiger charge is 2.23. The van der Waals surface area contributed by atoms with Crippen LogP contribution in [0.4, 0.5) is 9.59 Å². The highest BCUT2D eigenvalue weighted by atomic mass is 16.5. The van der Waals surface area contributed by atoms with Gasteiger partial charge in [-0.1, -0.05) is 0 Å². The molecule has 0 saturated heterocycles. The third-order valence-corrected chi connectivity index (χ3v) is 3.93. The monoisotopic (exact) mass is 390 g/mol. The van der Waals surface area contributed by atoms with Gasteiger partial charge in [-0.3, -0.25) is 0 Å². The lowest BCUT2D eigenvalue weighted by molar-refractivity contribution is -0.0292. The molecular formula is C18H38N4O5. The molecule has 0 rings (SSSR count). The Hall–Kier alpha value is -1.58. The molecule has 160 valence electrons. The first-order chi connectivity index (χ1) is 12.6. The fourth-order valence-corrected chi connectivity index (χ4v) is 2.17. The van der Waals surface area contributed by atoms with Gasteiger partial charge in [0.25, 0.3) is 0 Å². The highest BCUT2D eigenvalue weighted by molar-refractivity contribution is 5.74.